The monoisotopic (exact) mass is 447 g/mol. The Labute approximate surface area is 171 Å². The van der Waals surface area contributed by atoms with Crippen molar-refractivity contribution in [3.05, 3.63) is 22.7 Å². The second kappa shape index (κ2) is 8.25. The molecule has 29 heavy (non-hydrogen) atoms. The lowest BCUT2D eigenvalue weighted by molar-refractivity contribution is -0.161. The molecule has 4 N–H and O–H groups in total. The molecule has 158 valence electrons. The summed E-state index contributed by atoms with van der Waals surface area (Å²) in [4.78, 5) is 36.6. The Kier molecular flexibility index (Phi) is 6.38. The number of carboxylic acid groups (broad SMARTS) is 1. The third-order valence-electron chi connectivity index (χ3n) is 4.49. The first-order valence-corrected chi connectivity index (χ1v) is 9.70. The Bertz CT molecular complexity index is 971. The molecule has 2 rings (SSSR count). The molecular weight excluding hydrogens is 430 g/mol. The van der Waals surface area contributed by atoms with Crippen LogP contribution >= 0.6 is 11.6 Å². The van der Waals surface area contributed by atoms with Crippen molar-refractivity contribution in [2.45, 2.75) is 37.1 Å². The molecule has 1 aliphatic heterocycles. The topological polar surface area (TPSA) is 174 Å². The molecule has 2 amide bonds. The number of rotatable bonds is 7. The number of aromatic hydroxyl groups is 2. The van der Waals surface area contributed by atoms with Crippen molar-refractivity contribution in [2.75, 3.05) is 0 Å². The van der Waals surface area contributed by atoms with Crippen LogP contribution in [0.2, 0.25) is 5.02 Å². The van der Waals surface area contributed by atoms with Crippen LogP contribution in [0.4, 0.5) is 0 Å². The second-order valence-corrected chi connectivity index (χ2v) is 8.48. The maximum Gasteiger partial charge on any atom is 0.328 e. The molecule has 1 aliphatic rings. The highest BCUT2D eigenvalue weighted by molar-refractivity contribution is 7.75. The van der Waals surface area contributed by atoms with E-state index < -0.39 is 56.8 Å². The molecule has 1 aromatic carbocycles. The van der Waals surface area contributed by atoms with Crippen molar-refractivity contribution in [3.63, 3.8) is 0 Å². The first-order valence-electron chi connectivity index (χ1n) is 8.14. The van der Waals surface area contributed by atoms with Crippen LogP contribution in [0.15, 0.2) is 17.2 Å². The van der Waals surface area contributed by atoms with E-state index in [0.717, 1.165) is 24.0 Å². The lowest BCUT2D eigenvalue weighted by Gasteiger charge is -2.45. The minimum Gasteiger partial charge on any atom is -0.504 e. The maximum absolute atomic E-state index is 12.2. The minimum absolute atomic E-state index is 0.0895. The lowest BCUT2D eigenvalue weighted by atomic mass is 9.92. The third kappa shape index (κ3) is 4.27. The van der Waals surface area contributed by atoms with Crippen molar-refractivity contribution < 1.29 is 38.1 Å². The van der Waals surface area contributed by atoms with Crippen LogP contribution in [0.5, 0.6) is 11.5 Å². The standard InChI is InChI=1S/C16H18ClN3O8S/c1-7-3-12(23)20(7)13(15(25)26)16(2,29(27)28)6-18-19-14(24)8-4-10(21)11(22)5-9(8)17/h4-7,13,21-22,29H,3H2,1-2H3,(H,19,24)(H,25,26)/b18-6+/t7-,13+,16+/m1/s1. The van der Waals surface area contributed by atoms with E-state index in [1.807, 2.05) is 5.43 Å². The van der Waals surface area contributed by atoms with Crippen molar-refractivity contribution in [1.29, 1.82) is 0 Å². The molecule has 0 aliphatic carbocycles. The zero-order valence-corrected chi connectivity index (χ0v) is 16.8. The molecule has 13 heteroatoms. The van der Waals surface area contributed by atoms with Crippen LogP contribution in [0.25, 0.3) is 0 Å². The van der Waals surface area contributed by atoms with E-state index in [1.165, 1.54) is 0 Å². The summed E-state index contributed by atoms with van der Waals surface area (Å²) in [6, 6.07) is -0.427. The van der Waals surface area contributed by atoms with Crippen molar-refractivity contribution >= 4 is 46.3 Å². The van der Waals surface area contributed by atoms with Gasteiger partial charge >= 0.3 is 5.97 Å². The summed E-state index contributed by atoms with van der Waals surface area (Å²) in [5, 5.41) is 31.6. The Balaban J connectivity index is 2.30. The fourth-order valence-corrected chi connectivity index (χ4v) is 3.69. The normalized spacial score (nSPS) is 19.7. The van der Waals surface area contributed by atoms with E-state index in [-0.39, 0.29) is 17.0 Å². The van der Waals surface area contributed by atoms with Crippen molar-refractivity contribution in [1.82, 2.24) is 10.3 Å². The van der Waals surface area contributed by atoms with Gasteiger partial charge in [-0.05, 0) is 19.9 Å². The highest BCUT2D eigenvalue weighted by Crippen LogP contribution is 2.31. The Morgan fingerprint density at radius 1 is 1.38 bits per heavy atom. The second-order valence-electron chi connectivity index (χ2n) is 6.60. The SMILES string of the molecule is C[C@@H]1CC(=O)N1[C@@H](C(=O)O)[C@](C)(/C=N/NC(=O)c1cc(O)c(O)cc1Cl)[SH](=O)=O. The number of hydrogen-bond donors (Lipinski definition) is 5. The number of nitrogens with one attached hydrogen (secondary N) is 1. The van der Waals surface area contributed by atoms with Crippen LogP contribution in [-0.4, -0.2) is 69.5 Å². The highest BCUT2D eigenvalue weighted by Gasteiger charge is 2.52. The van der Waals surface area contributed by atoms with Gasteiger partial charge in [-0.15, -0.1) is 0 Å². The van der Waals surface area contributed by atoms with Crippen LogP contribution < -0.4 is 5.43 Å². The van der Waals surface area contributed by atoms with Gasteiger partial charge in [-0.2, -0.15) is 5.10 Å². The minimum atomic E-state index is -3.44. The van der Waals surface area contributed by atoms with E-state index in [4.69, 9.17) is 11.6 Å². The quantitative estimate of drug-likeness (QED) is 0.127. The molecule has 0 aromatic heterocycles. The van der Waals surface area contributed by atoms with Crippen LogP contribution in [0, 0.1) is 0 Å². The maximum atomic E-state index is 12.2. The Morgan fingerprint density at radius 2 is 1.97 bits per heavy atom. The predicted molar refractivity (Wildman–Crippen MR) is 102 cm³/mol. The number of hydrazone groups is 1. The number of aliphatic carboxylic acids is 1. The van der Waals surface area contributed by atoms with Crippen molar-refractivity contribution in [2.24, 2.45) is 5.10 Å². The van der Waals surface area contributed by atoms with E-state index in [0.29, 0.717) is 6.21 Å². The number of carboxylic acids is 1. The predicted octanol–water partition coefficient (Wildman–Crippen LogP) is -0.0891. The zero-order valence-electron chi connectivity index (χ0n) is 15.2. The summed E-state index contributed by atoms with van der Waals surface area (Å²) in [5.41, 5.74) is 1.71. The summed E-state index contributed by atoms with van der Waals surface area (Å²) >= 11 is 5.81. The summed E-state index contributed by atoms with van der Waals surface area (Å²) < 4.78 is 21.6. The number of nitrogens with zero attached hydrogens (tertiary/aromatic N) is 2. The average Bonchev–Trinajstić information content (AvgIpc) is 2.61. The van der Waals surface area contributed by atoms with E-state index in [9.17, 15) is 38.1 Å². The number of thiol groups is 1. The van der Waals surface area contributed by atoms with Gasteiger partial charge in [0.15, 0.2) is 28.2 Å². The first kappa shape index (κ1) is 22.4. The highest BCUT2D eigenvalue weighted by atomic mass is 35.5. The number of carbonyl (C=O) groups is 3. The van der Waals surface area contributed by atoms with Crippen molar-refractivity contribution in [3.8, 4) is 11.5 Å². The third-order valence-corrected chi connectivity index (χ3v) is 5.95. The smallest absolute Gasteiger partial charge is 0.328 e. The van der Waals surface area contributed by atoms with Crippen LogP contribution in [-0.2, 0) is 20.3 Å². The summed E-state index contributed by atoms with van der Waals surface area (Å²) in [7, 11) is -3.44. The van der Waals surface area contributed by atoms with Crippen LogP contribution in [0.1, 0.15) is 30.6 Å². The number of amides is 2. The number of likely N-dealkylation sites (tertiary alicyclic amines) is 1. The Morgan fingerprint density at radius 3 is 2.45 bits per heavy atom. The summed E-state index contributed by atoms with van der Waals surface area (Å²) in [5.74, 6) is -4.19. The lowest BCUT2D eigenvalue weighted by Crippen LogP contribution is -2.66. The molecule has 0 radical (unpaired) electrons. The molecule has 0 saturated carbocycles. The van der Waals surface area contributed by atoms with Gasteiger partial charge < -0.3 is 20.2 Å². The molecule has 1 fully saturated rings. The molecule has 0 bridgehead atoms. The zero-order chi connectivity index (χ0) is 22.1. The molecule has 0 unspecified atom stereocenters. The fraction of sp³-hybridized carbons (Fsp3) is 0.375. The fourth-order valence-electron chi connectivity index (χ4n) is 2.86. The van der Waals surface area contributed by atoms with Gasteiger partial charge in [0, 0.05) is 24.7 Å². The molecule has 3 atom stereocenters. The number of halogens is 1. The van der Waals surface area contributed by atoms with E-state index in [2.05, 4.69) is 5.10 Å². The van der Waals surface area contributed by atoms with Gasteiger partial charge in [0.2, 0.25) is 5.91 Å². The molecule has 1 aromatic rings. The van der Waals surface area contributed by atoms with Crippen LogP contribution in [0.3, 0.4) is 0 Å². The van der Waals surface area contributed by atoms with Gasteiger partial charge in [0.1, 0.15) is 4.75 Å². The number of phenolic OH excluding ortho intramolecular Hbond substituents is 2. The number of carbonyl (C=O) groups excluding carboxylic acids is 2. The molecule has 1 heterocycles. The van der Waals surface area contributed by atoms with Gasteiger partial charge in [0.05, 0.1) is 10.6 Å². The van der Waals surface area contributed by atoms with Gasteiger partial charge in [0.25, 0.3) is 5.91 Å². The average molecular weight is 448 g/mol. The molecule has 1 saturated heterocycles. The summed E-state index contributed by atoms with van der Waals surface area (Å²) in [6.07, 6.45) is 0.800. The van der Waals surface area contributed by atoms with E-state index >= 15 is 0 Å². The molecular formula is C16H18ClN3O8S. The number of benzene rings is 1. The van der Waals surface area contributed by atoms with E-state index in [1.54, 1.807) is 6.92 Å². The van der Waals surface area contributed by atoms with Gasteiger partial charge in [-0.1, -0.05) is 11.6 Å². The number of phenols is 2. The molecule has 11 nitrogen and oxygen atoms in total. The largest absolute Gasteiger partial charge is 0.504 e. The molecule has 0 spiro atoms. The first-order chi connectivity index (χ1) is 13.4. The van der Waals surface area contributed by atoms with Gasteiger partial charge in [-0.25, -0.2) is 18.6 Å². The summed E-state index contributed by atoms with van der Waals surface area (Å²) in [6.45, 7) is 2.64. The van der Waals surface area contributed by atoms with Gasteiger partial charge in [-0.3, -0.25) is 9.59 Å². The Hall–Kier alpha value is -2.86. The number of hydrogen-bond acceptors (Lipinski definition) is 8. The number of β-lactam (4-membered cyclic amide) rings is 1.